The van der Waals surface area contributed by atoms with Crippen LogP contribution < -0.4 is 0 Å². The van der Waals surface area contributed by atoms with Crippen molar-refractivity contribution < 1.29 is 23.4 Å². The highest BCUT2D eigenvalue weighted by Crippen LogP contribution is 2.78. The third-order valence-electron chi connectivity index (χ3n) is 17.0. The molecule has 6 nitrogen and oxygen atoms in total. The van der Waals surface area contributed by atoms with Crippen molar-refractivity contribution in [2.45, 2.75) is 108 Å². The van der Waals surface area contributed by atoms with Gasteiger partial charge in [-0.2, -0.15) is 4.31 Å². The van der Waals surface area contributed by atoms with Gasteiger partial charge in [-0.25, -0.2) is 8.42 Å². The molecule has 6 fully saturated rings. The SMILES string of the molecule is CC1(C)[C@H]2CC[C@@H](CN(C[C@]3(O)CC[C@H]4[C@]56C=C[C@@]7(C=C5C(=O)c5ccccc5)CC(O)CC[C@]7(C)[C@H]6CC[C@@]43C)S(=O)(=O)c3cccs3)[C@@H]1C2. The minimum Gasteiger partial charge on any atom is -0.393 e. The molecule has 1 heterocycles. The fourth-order valence-electron chi connectivity index (χ4n) is 13.9. The molecular formula is C43H55NO5S2. The van der Waals surface area contributed by atoms with Gasteiger partial charge < -0.3 is 10.2 Å². The zero-order valence-electron chi connectivity index (χ0n) is 30.7. The highest BCUT2D eigenvalue weighted by Gasteiger charge is 2.74. The number of carbonyl (C=O) groups excluding carboxylic acids is 1. The van der Waals surface area contributed by atoms with Crippen LogP contribution in [-0.4, -0.2) is 53.5 Å². The number of hydrogen-bond donors (Lipinski definition) is 2. The molecule has 9 aliphatic carbocycles. The minimum atomic E-state index is -3.83. The first kappa shape index (κ1) is 34.7. The summed E-state index contributed by atoms with van der Waals surface area (Å²) in [5.74, 6) is 1.70. The van der Waals surface area contributed by atoms with Gasteiger partial charge in [-0.05, 0) is 116 Å². The lowest BCUT2D eigenvalue weighted by Crippen LogP contribution is -2.67. The molecule has 9 aliphatic rings. The molecule has 2 spiro atoms. The fraction of sp³-hybridized carbons (Fsp3) is 0.651. The van der Waals surface area contributed by atoms with E-state index in [1.165, 1.54) is 17.8 Å². The van der Waals surface area contributed by atoms with Gasteiger partial charge in [0.15, 0.2) is 5.78 Å². The first-order valence-electron chi connectivity index (χ1n) is 19.6. The minimum absolute atomic E-state index is 0.0295. The van der Waals surface area contributed by atoms with Crippen LogP contribution in [0.4, 0.5) is 0 Å². The maximum absolute atomic E-state index is 14.8. The van der Waals surface area contributed by atoms with E-state index in [-0.39, 0.29) is 46.3 Å². The molecule has 1 aromatic heterocycles. The van der Waals surface area contributed by atoms with Gasteiger partial charge in [-0.3, -0.25) is 4.79 Å². The standard InChI is InChI=1S/C43H55NO5S2/c1-38(2)30-13-12-29(32(38)23-30)26-44(51(48,49)36-11-8-22-50-36)27-42(47)19-16-35-40(42,4)18-15-34-39(3)17-14-31(45)24-41(39)20-21-43(34,35)33(25-41)37(46)28-9-6-5-7-10-28/h5-11,20-22,25,29-32,34-35,45,47H,12-19,23-24,26-27H2,1-4H3/t29-,30-,31?,32-,34+,35+,39+,40-,41-,42+,43+/m0/s1. The van der Waals surface area contributed by atoms with Gasteiger partial charge in [0.2, 0.25) is 0 Å². The van der Waals surface area contributed by atoms with E-state index < -0.39 is 32.6 Å². The number of rotatable bonds is 8. The Labute approximate surface area is 308 Å². The van der Waals surface area contributed by atoms with Crippen molar-refractivity contribution in [1.29, 1.82) is 0 Å². The number of ketones is 1. The molecule has 11 rings (SSSR count). The molecule has 0 amide bonds. The van der Waals surface area contributed by atoms with Gasteiger partial charge in [-0.15, -0.1) is 11.3 Å². The van der Waals surface area contributed by atoms with Crippen LogP contribution in [0.3, 0.4) is 0 Å². The second-order valence-electron chi connectivity index (χ2n) is 18.9. The van der Waals surface area contributed by atoms with Crippen molar-refractivity contribution in [1.82, 2.24) is 4.31 Å². The van der Waals surface area contributed by atoms with E-state index in [0.29, 0.717) is 35.1 Å². The van der Waals surface area contributed by atoms with Crippen LogP contribution >= 0.6 is 11.3 Å². The van der Waals surface area contributed by atoms with Crippen LogP contribution in [0.1, 0.15) is 102 Å². The predicted octanol–water partition coefficient (Wildman–Crippen LogP) is 8.29. The molecule has 2 N–H and O–H groups in total. The normalized spacial score (nSPS) is 44.6. The number of allylic oxidation sites excluding steroid dienone is 4. The number of Topliss-reactive ketones (excluding diaryl/α,β-unsaturated/α-hetero) is 1. The Balaban J connectivity index is 1.12. The average Bonchev–Trinajstić information content (AvgIpc) is 3.75. The summed E-state index contributed by atoms with van der Waals surface area (Å²) in [5, 5.41) is 26.1. The summed E-state index contributed by atoms with van der Waals surface area (Å²) in [7, 11) is -3.83. The Morgan fingerprint density at radius 2 is 1.63 bits per heavy atom. The number of benzene rings is 1. The van der Waals surface area contributed by atoms with E-state index in [1.807, 2.05) is 35.7 Å². The number of nitrogens with zero attached hydrogens (tertiary/aromatic N) is 1. The number of aliphatic hydroxyl groups excluding tert-OH is 1. The molecule has 11 atom stereocenters. The largest absolute Gasteiger partial charge is 0.393 e. The summed E-state index contributed by atoms with van der Waals surface area (Å²) >= 11 is 1.26. The molecule has 51 heavy (non-hydrogen) atoms. The lowest BCUT2D eigenvalue weighted by atomic mass is 9.32. The van der Waals surface area contributed by atoms with E-state index in [1.54, 1.807) is 16.4 Å². The van der Waals surface area contributed by atoms with Crippen LogP contribution in [0.5, 0.6) is 0 Å². The highest BCUT2D eigenvalue weighted by molar-refractivity contribution is 7.91. The molecule has 1 unspecified atom stereocenters. The zero-order valence-corrected chi connectivity index (χ0v) is 32.3. The number of carbonyl (C=O) groups is 1. The molecule has 0 saturated heterocycles. The lowest BCUT2D eigenvalue weighted by Gasteiger charge is -2.71. The smallest absolute Gasteiger partial charge is 0.252 e. The molecule has 4 bridgehead atoms. The van der Waals surface area contributed by atoms with Crippen LogP contribution in [0, 0.1) is 56.7 Å². The van der Waals surface area contributed by atoms with E-state index >= 15 is 0 Å². The Kier molecular flexibility index (Phi) is 7.62. The van der Waals surface area contributed by atoms with Gasteiger partial charge in [-0.1, -0.05) is 82.3 Å². The van der Waals surface area contributed by atoms with Gasteiger partial charge in [0, 0.05) is 40.5 Å². The first-order valence-corrected chi connectivity index (χ1v) is 21.9. The van der Waals surface area contributed by atoms with Crippen molar-refractivity contribution in [2.24, 2.45) is 56.7 Å². The van der Waals surface area contributed by atoms with Crippen molar-refractivity contribution in [3.63, 3.8) is 0 Å². The zero-order chi connectivity index (χ0) is 35.8. The van der Waals surface area contributed by atoms with E-state index in [2.05, 4.69) is 45.9 Å². The van der Waals surface area contributed by atoms with E-state index in [4.69, 9.17) is 0 Å². The molecule has 8 heteroatoms. The molecule has 0 aliphatic heterocycles. The number of sulfonamides is 1. The molecular weight excluding hydrogens is 675 g/mol. The Hall–Kier alpha value is -2.10. The van der Waals surface area contributed by atoms with Gasteiger partial charge in [0.1, 0.15) is 4.21 Å². The number of fused-ring (bicyclic) bond motifs is 3. The summed E-state index contributed by atoms with van der Waals surface area (Å²) in [5.41, 5.74) is -1.21. The quantitative estimate of drug-likeness (QED) is 0.211. The molecule has 2 aromatic rings. The summed E-state index contributed by atoms with van der Waals surface area (Å²) in [4.78, 5) is 14.8. The monoisotopic (exact) mass is 729 g/mol. The summed E-state index contributed by atoms with van der Waals surface area (Å²) in [6.45, 7) is 9.85. The second-order valence-corrected chi connectivity index (χ2v) is 22.0. The van der Waals surface area contributed by atoms with Gasteiger partial charge >= 0.3 is 0 Å². The van der Waals surface area contributed by atoms with Crippen LogP contribution in [-0.2, 0) is 10.0 Å². The van der Waals surface area contributed by atoms with Crippen molar-refractivity contribution in [3.05, 3.63) is 77.2 Å². The molecule has 0 radical (unpaired) electrons. The molecule has 274 valence electrons. The van der Waals surface area contributed by atoms with Crippen LogP contribution in [0.2, 0.25) is 0 Å². The van der Waals surface area contributed by atoms with Crippen LogP contribution in [0.15, 0.2) is 75.9 Å². The van der Waals surface area contributed by atoms with Gasteiger partial charge in [0.25, 0.3) is 10.0 Å². The number of aliphatic hydroxyl groups is 2. The topological polar surface area (TPSA) is 94.9 Å². The van der Waals surface area contributed by atoms with Crippen molar-refractivity contribution >= 4 is 27.1 Å². The molecule has 6 saturated carbocycles. The summed E-state index contributed by atoms with van der Waals surface area (Å²) in [6, 6.07) is 13.1. The Morgan fingerprint density at radius 1 is 0.902 bits per heavy atom. The Morgan fingerprint density at radius 3 is 2.33 bits per heavy atom. The lowest BCUT2D eigenvalue weighted by molar-refractivity contribution is -0.174. The van der Waals surface area contributed by atoms with Crippen molar-refractivity contribution in [3.8, 4) is 0 Å². The molecule has 1 aromatic carbocycles. The fourth-order valence-corrected chi connectivity index (χ4v) is 16.6. The van der Waals surface area contributed by atoms with Crippen molar-refractivity contribution in [2.75, 3.05) is 13.1 Å². The third kappa shape index (κ3) is 4.49. The second kappa shape index (κ2) is 11.2. The maximum atomic E-state index is 14.8. The third-order valence-corrected chi connectivity index (χ3v) is 20.1. The number of thiophene rings is 1. The first-order chi connectivity index (χ1) is 24.1. The van der Waals surface area contributed by atoms with Crippen LogP contribution in [0.25, 0.3) is 0 Å². The van der Waals surface area contributed by atoms with E-state index in [9.17, 15) is 23.4 Å². The number of hydrogen-bond acceptors (Lipinski definition) is 6. The highest BCUT2D eigenvalue weighted by atomic mass is 32.2. The average molecular weight is 730 g/mol. The maximum Gasteiger partial charge on any atom is 0.252 e. The summed E-state index contributed by atoms with van der Waals surface area (Å²) in [6.07, 6.45) is 15.0. The predicted molar refractivity (Wildman–Crippen MR) is 201 cm³/mol. The summed E-state index contributed by atoms with van der Waals surface area (Å²) < 4.78 is 31.2. The Bertz CT molecular complexity index is 1900. The van der Waals surface area contributed by atoms with E-state index in [0.717, 1.165) is 56.4 Å². The van der Waals surface area contributed by atoms with Gasteiger partial charge in [0.05, 0.1) is 11.7 Å².